The van der Waals surface area contributed by atoms with Crippen LogP contribution in [-0.4, -0.2) is 18.5 Å². The van der Waals surface area contributed by atoms with E-state index in [1.54, 1.807) is 25.1 Å². The molecule has 0 atom stereocenters. The number of hydrogen-bond acceptors (Lipinski definition) is 3. The highest BCUT2D eigenvalue weighted by Crippen LogP contribution is 2.26. The van der Waals surface area contributed by atoms with Crippen molar-refractivity contribution in [2.45, 2.75) is 6.92 Å². The quantitative estimate of drug-likeness (QED) is 0.276. The molecular formula is C24H19Cl2NO3. The Hall–Kier alpha value is -3.08. The van der Waals surface area contributed by atoms with E-state index in [9.17, 15) is 9.59 Å². The monoisotopic (exact) mass is 439 g/mol. The van der Waals surface area contributed by atoms with Gasteiger partial charge in [0.25, 0.3) is 5.91 Å². The third-order valence-corrected chi connectivity index (χ3v) is 4.91. The zero-order chi connectivity index (χ0) is 21.5. The van der Waals surface area contributed by atoms with E-state index in [0.29, 0.717) is 16.3 Å². The van der Waals surface area contributed by atoms with Gasteiger partial charge in [0.15, 0.2) is 0 Å². The molecule has 0 saturated carbocycles. The SMILES string of the molecule is CCOC(=O)c1ccc(NC(=O)/C(=C/c2ccccc2Cl)c2ccccc2)cc1Cl. The smallest absolute Gasteiger partial charge is 0.339 e. The van der Waals surface area contributed by atoms with Crippen molar-refractivity contribution in [3.63, 3.8) is 0 Å². The first-order valence-corrected chi connectivity index (χ1v) is 10.0. The molecule has 30 heavy (non-hydrogen) atoms. The van der Waals surface area contributed by atoms with Gasteiger partial charge in [-0.3, -0.25) is 4.79 Å². The van der Waals surface area contributed by atoms with Crippen LogP contribution >= 0.6 is 23.2 Å². The van der Waals surface area contributed by atoms with Crippen molar-refractivity contribution in [2.75, 3.05) is 11.9 Å². The van der Waals surface area contributed by atoms with Gasteiger partial charge in [0, 0.05) is 16.3 Å². The van der Waals surface area contributed by atoms with Crippen molar-refractivity contribution in [2.24, 2.45) is 0 Å². The van der Waals surface area contributed by atoms with E-state index < -0.39 is 5.97 Å². The first-order chi connectivity index (χ1) is 14.5. The Balaban J connectivity index is 1.92. The fraction of sp³-hybridized carbons (Fsp3) is 0.0833. The van der Waals surface area contributed by atoms with Gasteiger partial charge in [-0.05, 0) is 48.4 Å². The van der Waals surface area contributed by atoms with Crippen LogP contribution in [0, 0.1) is 0 Å². The average Bonchev–Trinajstić information content (AvgIpc) is 2.74. The van der Waals surface area contributed by atoms with E-state index >= 15 is 0 Å². The minimum absolute atomic E-state index is 0.197. The number of carbonyl (C=O) groups is 2. The van der Waals surface area contributed by atoms with Crippen LogP contribution in [0.3, 0.4) is 0 Å². The number of halogens is 2. The molecule has 0 fully saturated rings. The summed E-state index contributed by atoms with van der Waals surface area (Å²) in [5.74, 6) is -0.843. The molecule has 0 aromatic heterocycles. The third-order valence-electron chi connectivity index (χ3n) is 4.26. The lowest BCUT2D eigenvalue weighted by Gasteiger charge is -2.12. The van der Waals surface area contributed by atoms with Crippen molar-refractivity contribution in [3.8, 4) is 0 Å². The molecule has 1 amide bonds. The molecular weight excluding hydrogens is 421 g/mol. The summed E-state index contributed by atoms with van der Waals surface area (Å²) in [5.41, 5.74) is 2.60. The van der Waals surface area contributed by atoms with Crippen LogP contribution in [0.2, 0.25) is 10.0 Å². The van der Waals surface area contributed by atoms with Crippen LogP contribution in [0.4, 0.5) is 5.69 Å². The number of anilines is 1. The largest absolute Gasteiger partial charge is 0.462 e. The molecule has 0 aliphatic carbocycles. The maximum Gasteiger partial charge on any atom is 0.339 e. The summed E-state index contributed by atoms with van der Waals surface area (Å²) in [6.45, 7) is 1.97. The highest BCUT2D eigenvalue weighted by Gasteiger charge is 2.16. The number of hydrogen-bond donors (Lipinski definition) is 1. The lowest BCUT2D eigenvalue weighted by atomic mass is 10.0. The Morgan fingerprint density at radius 2 is 1.63 bits per heavy atom. The first kappa shape index (κ1) is 21.6. The highest BCUT2D eigenvalue weighted by atomic mass is 35.5. The minimum Gasteiger partial charge on any atom is -0.462 e. The van der Waals surface area contributed by atoms with Gasteiger partial charge in [-0.1, -0.05) is 71.7 Å². The number of benzene rings is 3. The first-order valence-electron chi connectivity index (χ1n) is 9.29. The minimum atomic E-state index is -0.510. The summed E-state index contributed by atoms with van der Waals surface area (Å²) in [5, 5.41) is 3.57. The second-order valence-corrected chi connectivity index (χ2v) is 7.13. The molecule has 6 heteroatoms. The number of carbonyl (C=O) groups excluding carboxylic acids is 2. The normalized spacial score (nSPS) is 11.1. The molecule has 3 rings (SSSR count). The maximum absolute atomic E-state index is 13.1. The predicted molar refractivity (Wildman–Crippen MR) is 122 cm³/mol. The van der Waals surface area contributed by atoms with Gasteiger partial charge in [-0.2, -0.15) is 0 Å². The molecule has 0 spiro atoms. The number of nitrogens with one attached hydrogen (secondary N) is 1. The summed E-state index contributed by atoms with van der Waals surface area (Å²) in [6, 6.07) is 21.2. The van der Waals surface area contributed by atoms with E-state index in [1.807, 2.05) is 48.5 Å². The number of amides is 1. The predicted octanol–water partition coefficient (Wildman–Crippen LogP) is 6.35. The van der Waals surface area contributed by atoms with Crippen molar-refractivity contribution in [1.82, 2.24) is 0 Å². The highest BCUT2D eigenvalue weighted by molar-refractivity contribution is 6.35. The van der Waals surface area contributed by atoms with Crippen LogP contribution in [0.25, 0.3) is 11.6 Å². The van der Waals surface area contributed by atoms with Gasteiger partial charge in [-0.15, -0.1) is 0 Å². The molecule has 0 aliphatic heterocycles. The van der Waals surface area contributed by atoms with Gasteiger partial charge in [0.05, 0.1) is 17.2 Å². The summed E-state index contributed by atoms with van der Waals surface area (Å²) in [6.07, 6.45) is 1.74. The van der Waals surface area contributed by atoms with E-state index in [2.05, 4.69) is 5.32 Å². The Morgan fingerprint density at radius 3 is 2.30 bits per heavy atom. The Bertz CT molecular complexity index is 1090. The van der Waals surface area contributed by atoms with Crippen LogP contribution < -0.4 is 5.32 Å². The maximum atomic E-state index is 13.1. The Morgan fingerprint density at radius 1 is 0.933 bits per heavy atom. The number of ether oxygens (including phenoxy) is 1. The molecule has 0 unspecified atom stereocenters. The summed E-state index contributed by atoms with van der Waals surface area (Å²) < 4.78 is 4.97. The number of rotatable bonds is 6. The standard InChI is InChI=1S/C24H19Cl2NO3/c1-2-30-24(29)19-13-12-18(15-22(19)26)27-23(28)20(16-8-4-3-5-9-16)14-17-10-6-7-11-21(17)25/h3-15H,2H2,1H3,(H,27,28)/b20-14+. The zero-order valence-electron chi connectivity index (χ0n) is 16.2. The molecule has 3 aromatic rings. The van der Waals surface area contributed by atoms with Gasteiger partial charge in [-0.25, -0.2) is 4.79 Å². The Labute approximate surface area is 185 Å². The lowest BCUT2D eigenvalue weighted by Crippen LogP contribution is -2.14. The molecule has 0 heterocycles. The molecule has 0 radical (unpaired) electrons. The van der Waals surface area contributed by atoms with Crippen molar-refractivity contribution in [3.05, 3.63) is 99.5 Å². The second-order valence-electron chi connectivity index (χ2n) is 6.31. The molecule has 0 aliphatic rings. The fourth-order valence-corrected chi connectivity index (χ4v) is 3.26. The zero-order valence-corrected chi connectivity index (χ0v) is 17.7. The van der Waals surface area contributed by atoms with Crippen LogP contribution in [0.1, 0.15) is 28.4 Å². The molecule has 3 aromatic carbocycles. The molecule has 1 N–H and O–H groups in total. The van der Waals surface area contributed by atoms with E-state index in [1.165, 1.54) is 12.1 Å². The lowest BCUT2D eigenvalue weighted by molar-refractivity contribution is -0.111. The molecule has 0 saturated heterocycles. The van der Waals surface area contributed by atoms with E-state index in [0.717, 1.165) is 11.1 Å². The van der Waals surface area contributed by atoms with Crippen LogP contribution in [0.15, 0.2) is 72.8 Å². The fourth-order valence-electron chi connectivity index (χ4n) is 2.81. The Kier molecular flexibility index (Phi) is 7.28. The summed E-state index contributed by atoms with van der Waals surface area (Å²) >= 11 is 12.5. The second kappa shape index (κ2) is 10.1. The van der Waals surface area contributed by atoms with Gasteiger partial charge in [0.1, 0.15) is 0 Å². The van der Waals surface area contributed by atoms with E-state index in [4.69, 9.17) is 27.9 Å². The van der Waals surface area contributed by atoms with Crippen molar-refractivity contribution in [1.29, 1.82) is 0 Å². The van der Waals surface area contributed by atoms with Crippen LogP contribution in [-0.2, 0) is 9.53 Å². The third kappa shape index (κ3) is 5.29. The summed E-state index contributed by atoms with van der Waals surface area (Å²) in [4.78, 5) is 25.0. The topological polar surface area (TPSA) is 55.4 Å². The van der Waals surface area contributed by atoms with Gasteiger partial charge < -0.3 is 10.1 Å². The number of esters is 1. The molecule has 0 bridgehead atoms. The molecule has 152 valence electrons. The van der Waals surface area contributed by atoms with E-state index in [-0.39, 0.29) is 23.1 Å². The van der Waals surface area contributed by atoms with Gasteiger partial charge in [0.2, 0.25) is 0 Å². The van der Waals surface area contributed by atoms with Gasteiger partial charge >= 0.3 is 5.97 Å². The van der Waals surface area contributed by atoms with Crippen LogP contribution in [0.5, 0.6) is 0 Å². The molecule has 4 nitrogen and oxygen atoms in total. The summed E-state index contributed by atoms with van der Waals surface area (Å²) in [7, 11) is 0. The van der Waals surface area contributed by atoms with Crippen molar-refractivity contribution >= 4 is 52.4 Å². The van der Waals surface area contributed by atoms with Crippen molar-refractivity contribution < 1.29 is 14.3 Å². The average molecular weight is 440 g/mol.